The van der Waals surface area contributed by atoms with Crippen LogP contribution in [0.1, 0.15) is 12.8 Å². The number of fused-ring (bicyclic) bond motifs is 1. The van der Waals surface area contributed by atoms with Crippen LogP contribution in [0.3, 0.4) is 0 Å². The lowest BCUT2D eigenvalue weighted by molar-refractivity contribution is 0.164. The minimum atomic E-state index is -0.314. The molecule has 3 N–H and O–H groups in total. The summed E-state index contributed by atoms with van der Waals surface area (Å²) in [6, 6.07) is -0.107. The SMILES string of the molecule is N[C@@H]1C2=CC=CCC2CC1O. The van der Waals surface area contributed by atoms with E-state index in [0.717, 1.165) is 12.8 Å². The molecule has 3 atom stereocenters. The van der Waals surface area contributed by atoms with Crippen molar-refractivity contribution in [1.29, 1.82) is 0 Å². The van der Waals surface area contributed by atoms with Gasteiger partial charge in [-0.15, -0.1) is 0 Å². The first kappa shape index (κ1) is 7.07. The Kier molecular flexibility index (Phi) is 1.59. The number of hydrogen-bond acceptors (Lipinski definition) is 2. The Morgan fingerprint density at radius 3 is 3.09 bits per heavy atom. The molecular formula is C9H13NO. The summed E-state index contributed by atoms with van der Waals surface area (Å²) in [6.07, 6.45) is 7.80. The molecule has 0 aromatic rings. The predicted octanol–water partition coefficient (Wildman–Crippen LogP) is 0.581. The fraction of sp³-hybridized carbons (Fsp3) is 0.556. The van der Waals surface area contributed by atoms with Crippen molar-refractivity contribution < 1.29 is 5.11 Å². The van der Waals surface area contributed by atoms with Gasteiger partial charge in [0, 0.05) is 0 Å². The van der Waals surface area contributed by atoms with Crippen LogP contribution in [-0.2, 0) is 0 Å². The number of aliphatic hydroxyl groups excluding tert-OH is 1. The van der Waals surface area contributed by atoms with Crippen LogP contribution in [0.2, 0.25) is 0 Å². The van der Waals surface area contributed by atoms with Crippen LogP contribution < -0.4 is 5.73 Å². The highest BCUT2D eigenvalue weighted by molar-refractivity contribution is 5.30. The van der Waals surface area contributed by atoms with E-state index in [1.807, 2.05) is 6.08 Å². The molecule has 2 aliphatic rings. The van der Waals surface area contributed by atoms with Crippen molar-refractivity contribution in [2.75, 3.05) is 0 Å². The smallest absolute Gasteiger partial charge is 0.0735 e. The quantitative estimate of drug-likeness (QED) is 0.532. The van der Waals surface area contributed by atoms with Gasteiger partial charge in [0.15, 0.2) is 0 Å². The highest BCUT2D eigenvalue weighted by Crippen LogP contribution is 2.35. The summed E-state index contributed by atoms with van der Waals surface area (Å²) in [5.41, 5.74) is 7.02. The van der Waals surface area contributed by atoms with Gasteiger partial charge in [0.25, 0.3) is 0 Å². The molecule has 0 heterocycles. The van der Waals surface area contributed by atoms with Crippen LogP contribution in [0.4, 0.5) is 0 Å². The van der Waals surface area contributed by atoms with Gasteiger partial charge in [-0.2, -0.15) is 0 Å². The summed E-state index contributed by atoms with van der Waals surface area (Å²) < 4.78 is 0. The zero-order valence-corrected chi connectivity index (χ0v) is 6.40. The third kappa shape index (κ3) is 1.03. The number of aliphatic hydroxyl groups is 1. The van der Waals surface area contributed by atoms with E-state index in [1.54, 1.807) is 0 Å². The highest BCUT2D eigenvalue weighted by Gasteiger charge is 2.34. The minimum Gasteiger partial charge on any atom is -0.391 e. The van der Waals surface area contributed by atoms with Crippen molar-refractivity contribution in [3.05, 3.63) is 23.8 Å². The Bertz CT molecular complexity index is 216. The topological polar surface area (TPSA) is 46.2 Å². The maximum Gasteiger partial charge on any atom is 0.0735 e. The molecule has 2 aliphatic carbocycles. The van der Waals surface area contributed by atoms with E-state index >= 15 is 0 Å². The molecule has 11 heavy (non-hydrogen) atoms. The Morgan fingerprint density at radius 1 is 1.55 bits per heavy atom. The largest absolute Gasteiger partial charge is 0.391 e. The van der Waals surface area contributed by atoms with Gasteiger partial charge in [0.2, 0.25) is 0 Å². The molecular weight excluding hydrogens is 138 g/mol. The van der Waals surface area contributed by atoms with Crippen molar-refractivity contribution >= 4 is 0 Å². The summed E-state index contributed by atoms with van der Waals surface area (Å²) in [6.45, 7) is 0. The third-order valence-electron chi connectivity index (χ3n) is 2.64. The average molecular weight is 151 g/mol. The molecule has 0 bridgehead atoms. The molecule has 0 spiro atoms. The van der Waals surface area contributed by atoms with Crippen molar-refractivity contribution in [3.63, 3.8) is 0 Å². The average Bonchev–Trinajstić information content (AvgIpc) is 2.30. The lowest BCUT2D eigenvalue weighted by atomic mass is 9.94. The maximum atomic E-state index is 9.43. The molecule has 0 radical (unpaired) electrons. The summed E-state index contributed by atoms with van der Waals surface area (Å²) in [5.74, 6) is 0.519. The van der Waals surface area contributed by atoms with E-state index < -0.39 is 0 Å². The van der Waals surface area contributed by atoms with Gasteiger partial charge in [-0.25, -0.2) is 0 Å². The molecule has 60 valence electrons. The molecule has 0 aromatic carbocycles. The highest BCUT2D eigenvalue weighted by atomic mass is 16.3. The molecule has 0 saturated heterocycles. The second-order valence-corrected chi connectivity index (χ2v) is 3.36. The van der Waals surface area contributed by atoms with Crippen molar-refractivity contribution in [3.8, 4) is 0 Å². The second-order valence-electron chi connectivity index (χ2n) is 3.36. The molecule has 2 nitrogen and oxygen atoms in total. The molecule has 1 fully saturated rings. The van der Waals surface area contributed by atoms with Crippen LogP contribution in [0.5, 0.6) is 0 Å². The fourth-order valence-electron chi connectivity index (χ4n) is 1.97. The van der Waals surface area contributed by atoms with E-state index in [9.17, 15) is 5.11 Å². The van der Waals surface area contributed by atoms with Crippen LogP contribution in [-0.4, -0.2) is 17.3 Å². The monoisotopic (exact) mass is 151 g/mol. The molecule has 0 amide bonds. The van der Waals surface area contributed by atoms with Gasteiger partial charge in [-0.1, -0.05) is 18.2 Å². The molecule has 2 unspecified atom stereocenters. The standard InChI is InChI=1S/C9H13NO/c10-9-7-4-2-1-3-6(7)5-8(9)11/h1-2,4,6,8-9,11H,3,5,10H2/t6?,8?,9-/m1/s1. The summed E-state index contributed by atoms with van der Waals surface area (Å²) in [4.78, 5) is 0. The van der Waals surface area contributed by atoms with E-state index in [1.165, 1.54) is 5.57 Å². The van der Waals surface area contributed by atoms with Crippen LogP contribution >= 0.6 is 0 Å². The van der Waals surface area contributed by atoms with Crippen molar-refractivity contribution in [2.45, 2.75) is 25.0 Å². The zero-order valence-electron chi connectivity index (χ0n) is 6.40. The first-order valence-corrected chi connectivity index (χ1v) is 4.09. The summed E-state index contributed by atoms with van der Waals surface area (Å²) in [5, 5.41) is 9.43. The van der Waals surface area contributed by atoms with Crippen molar-refractivity contribution in [1.82, 2.24) is 0 Å². The molecule has 2 rings (SSSR count). The lowest BCUT2D eigenvalue weighted by Crippen LogP contribution is -2.30. The van der Waals surface area contributed by atoms with Crippen LogP contribution in [0, 0.1) is 5.92 Å². The number of rotatable bonds is 0. The number of nitrogens with two attached hydrogens (primary N) is 1. The Hall–Kier alpha value is -0.600. The molecule has 2 heteroatoms. The van der Waals surface area contributed by atoms with Gasteiger partial charge < -0.3 is 10.8 Å². The minimum absolute atomic E-state index is 0.107. The lowest BCUT2D eigenvalue weighted by Gasteiger charge is -2.14. The Labute approximate surface area is 66.4 Å². The number of hydrogen-bond donors (Lipinski definition) is 2. The number of allylic oxidation sites excluding steroid dienone is 3. The summed E-state index contributed by atoms with van der Waals surface area (Å²) >= 11 is 0. The maximum absolute atomic E-state index is 9.43. The van der Waals surface area contributed by atoms with Crippen LogP contribution in [0.25, 0.3) is 0 Å². The third-order valence-corrected chi connectivity index (χ3v) is 2.64. The molecule has 0 aromatic heterocycles. The van der Waals surface area contributed by atoms with Gasteiger partial charge in [0.1, 0.15) is 0 Å². The normalized spacial score (nSPS) is 42.0. The van der Waals surface area contributed by atoms with Gasteiger partial charge in [-0.3, -0.25) is 0 Å². The van der Waals surface area contributed by atoms with Gasteiger partial charge in [0.05, 0.1) is 12.1 Å². The molecule has 1 saturated carbocycles. The van der Waals surface area contributed by atoms with E-state index in [-0.39, 0.29) is 12.1 Å². The predicted molar refractivity (Wildman–Crippen MR) is 43.9 cm³/mol. The Balaban J connectivity index is 2.25. The van der Waals surface area contributed by atoms with E-state index in [4.69, 9.17) is 5.73 Å². The molecule has 0 aliphatic heterocycles. The summed E-state index contributed by atoms with van der Waals surface area (Å²) in [7, 11) is 0. The van der Waals surface area contributed by atoms with Crippen LogP contribution in [0.15, 0.2) is 23.8 Å². The fourth-order valence-corrected chi connectivity index (χ4v) is 1.97. The van der Waals surface area contributed by atoms with E-state index in [2.05, 4.69) is 12.2 Å². The van der Waals surface area contributed by atoms with Gasteiger partial charge in [-0.05, 0) is 24.3 Å². The van der Waals surface area contributed by atoms with Crippen molar-refractivity contribution in [2.24, 2.45) is 11.7 Å². The first-order chi connectivity index (χ1) is 5.29. The second kappa shape index (κ2) is 2.47. The Morgan fingerprint density at radius 2 is 2.36 bits per heavy atom. The van der Waals surface area contributed by atoms with Gasteiger partial charge >= 0.3 is 0 Å². The van der Waals surface area contributed by atoms with E-state index in [0.29, 0.717) is 5.92 Å². The first-order valence-electron chi connectivity index (χ1n) is 4.09. The zero-order chi connectivity index (χ0) is 7.84.